The van der Waals surface area contributed by atoms with Gasteiger partial charge < -0.3 is 5.32 Å². The Bertz CT molecular complexity index is 205. The van der Waals surface area contributed by atoms with E-state index in [0.29, 0.717) is 0 Å². The van der Waals surface area contributed by atoms with Crippen LogP contribution in [0.4, 0.5) is 0 Å². The molecular formula is C10H18Cl2N2. The molecule has 2 nitrogen and oxygen atoms in total. The van der Waals surface area contributed by atoms with Gasteiger partial charge >= 0.3 is 0 Å². The van der Waals surface area contributed by atoms with Crippen LogP contribution in [0.5, 0.6) is 0 Å². The van der Waals surface area contributed by atoms with Crippen molar-refractivity contribution >= 4 is 24.8 Å². The second-order valence-electron chi connectivity index (χ2n) is 2.82. The van der Waals surface area contributed by atoms with Gasteiger partial charge in [0.25, 0.3) is 0 Å². The summed E-state index contributed by atoms with van der Waals surface area (Å²) in [6, 6.07) is 6.04. The molecule has 0 amide bonds. The number of hydrogen-bond donors (Lipinski definition) is 1. The van der Waals surface area contributed by atoms with Crippen molar-refractivity contribution in [2.24, 2.45) is 0 Å². The minimum atomic E-state index is 0. The summed E-state index contributed by atoms with van der Waals surface area (Å²) < 4.78 is 0. The fraction of sp³-hybridized carbons (Fsp3) is 0.500. The first-order chi connectivity index (χ1) is 5.93. The Morgan fingerprint density at radius 1 is 1.21 bits per heavy atom. The molecule has 1 N–H and O–H groups in total. The first-order valence-electron chi connectivity index (χ1n) is 4.54. The first-order valence-corrected chi connectivity index (χ1v) is 4.54. The van der Waals surface area contributed by atoms with Gasteiger partial charge in [-0.1, -0.05) is 13.0 Å². The molecule has 1 rings (SSSR count). The van der Waals surface area contributed by atoms with Crippen LogP contribution in [0.2, 0.25) is 0 Å². The van der Waals surface area contributed by atoms with Gasteiger partial charge in [-0.25, -0.2) is 0 Å². The molecule has 0 bridgehead atoms. The van der Waals surface area contributed by atoms with E-state index in [1.165, 1.54) is 12.1 Å². The lowest BCUT2D eigenvalue weighted by atomic mass is 10.3. The van der Waals surface area contributed by atoms with Crippen molar-refractivity contribution in [1.29, 1.82) is 0 Å². The monoisotopic (exact) mass is 236 g/mol. The average Bonchev–Trinajstić information content (AvgIpc) is 2.14. The molecule has 0 saturated carbocycles. The van der Waals surface area contributed by atoms with Crippen LogP contribution >= 0.6 is 24.8 Å². The molecule has 0 aliphatic carbocycles. The zero-order valence-electron chi connectivity index (χ0n) is 8.40. The van der Waals surface area contributed by atoms with E-state index in [1.54, 1.807) is 0 Å². The summed E-state index contributed by atoms with van der Waals surface area (Å²) in [5.74, 6) is 0. The van der Waals surface area contributed by atoms with Crippen LogP contribution in [0.15, 0.2) is 24.4 Å². The Hall–Kier alpha value is -0.310. The quantitative estimate of drug-likeness (QED) is 0.796. The molecule has 1 aromatic heterocycles. The normalized spacial score (nSPS) is 8.64. The van der Waals surface area contributed by atoms with Gasteiger partial charge in [-0.05, 0) is 25.1 Å². The lowest BCUT2D eigenvalue weighted by molar-refractivity contribution is 0.666. The number of nitrogens with zero attached hydrogens (tertiary/aromatic N) is 1. The van der Waals surface area contributed by atoms with Crippen molar-refractivity contribution in [3.05, 3.63) is 30.1 Å². The van der Waals surface area contributed by atoms with Crippen LogP contribution in [0.1, 0.15) is 19.0 Å². The van der Waals surface area contributed by atoms with E-state index >= 15 is 0 Å². The van der Waals surface area contributed by atoms with E-state index in [0.717, 1.165) is 19.5 Å². The highest BCUT2D eigenvalue weighted by atomic mass is 35.5. The van der Waals surface area contributed by atoms with Crippen LogP contribution in [-0.4, -0.2) is 18.1 Å². The van der Waals surface area contributed by atoms with Gasteiger partial charge in [0.1, 0.15) is 0 Å². The minimum absolute atomic E-state index is 0. The van der Waals surface area contributed by atoms with Gasteiger partial charge in [0.2, 0.25) is 0 Å². The van der Waals surface area contributed by atoms with Crippen molar-refractivity contribution < 1.29 is 0 Å². The lowest BCUT2D eigenvalue weighted by Crippen LogP contribution is -2.18. The van der Waals surface area contributed by atoms with Crippen LogP contribution in [-0.2, 0) is 6.42 Å². The predicted octanol–water partition coefficient (Wildman–Crippen LogP) is 2.47. The summed E-state index contributed by atoms with van der Waals surface area (Å²) >= 11 is 0. The third-order valence-corrected chi connectivity index (χ3v) is 1.71. The maximum atomic E-state index is 4.24. The maximum Gasteiger partial charge on any atom is 0.0416 e. The van der Waals surface area contributed by atoms with Crippen molar-refractivity contribution in [3.8, 4) is 0 Å². The van der Waals surface area contributed by atoms with Crippen molar-refractivity contribution in [2.45, 2.75) is 19.8 Å². The summed E-state index contributed by atoms with van der Waals surface area (Å²) in [6.45, 7) is 4.31. The molecule has 0 fully saturated rings. The number of halogens is 2. The van der Waals surface area contributed by atoms with Gasteiger partial charge in [-0.15, -0.1) is 24.8 Å². The zero-order valence-corrected chi connectivity index (χ0v) is 10.0. The number of nitrogens with one attached hydrogen (secondary N) is 1. The molecule has 0 unspecified atom stereocenters. The van der Waals surface area contributed by atoms with Crippen LogP contribution in [0.3, 0.4) is 0 Å². The molecule has 0 saturated heterocycles. The van der Waals surface area contributed by atoms with E-state index < -0.39 is 0 Å². The molecule has 0 atom stereocenters. The highest BCUT2D eigenvalue weighted by Gasteiger charge is 1.90. The van der Waals surface area contributed by atoms with E-state index in [9.17, 15) is 0 Å². The lowest BCUT2D eigenvalue weighted by Gasteiger charge is -2.01. The summed E-state index contributed by atoms with van der Waals surface area (Å²) in [5, 5.41) is 3.34. The molecule has 0 spiro atoms. The Morgan fingerprint density at radius 2 is 2.00 bits per heavy atom. The summed E-state index contributed by atoms with van der Waals surface area (Å²) in [4.78, 5) is 4.24. The molecule has 4 heteroatoms. The Labute approximate surface area is 98.3 Å². The van der Waals surface area contributed by atoms with E-state index in [2.05, 4.69) is 23.3 Å². The SMILES string of the molecule is CCCNCCc1ccccn1.Cl.Cl. The third kappa shape index (κ3) is 7.13. The number of hydrogen-bond acceptors (Lipinski definition) is 2. The van der Waals surface area contributed by atoms with Gasteiger partial charge in [-0.3, -0.25) is 4.98 Å². The summed E-state index contributed by atoms with van der Waals surface area (Å²) in [5.41, 5.74) is 1.17. The summed E-state index contributed by atoms with van der Waals surface area (Å²) in [7, 11) is 0. The highest BCUT2D eigenvalue weighted by Crippen LogP contribution is 1.92. The second-order valence-corrected chi connectivity index (χ2v) is 2.82. The smallest absolute Gasteiger partial charge is 0.0416 e. The molecule has 1 aromatic rings. The fourth-order valence-corrected chi connectivity index (χ4v) is 1.06. The first kappa shape index (κ1) is 16.1. The molecular weight excluding hydrogens is 219 g/mol. The Balaban J connectivity index is 0. The van der Waals surface area contributed by atoms with Gasteiger partial charge in [0.15, 0.2) is 0 Å². The van der Waals surface area contributed by atoms with Crippen LogP contribution in [0, 0.1) is 0 Å². The fourth-order valence-electron chi connectivity index (χ4n) is 1.06. The molecule has 1 heterocycles. The van der Waals surface area contributed by atoms with Crippen LogP contribution in [0.25, 0.3) is 0 Å². The largest absolute Gasteiger partial charge is 0.316 e. The summed E-state index contributed by atoms with van der Waals surface area (Å²) in [6.07, 6.45) is 4.07. The van der Waals surface area contributed by atoms with Crippen molar-refractivity contribution in [2.75, 3.05) is 13.1 Å². The second kappa shape index (κ2) is 10.8. The molecule has 0 aliphatic rings. The van der Waals surface area contributed by atoms with E-state index in [1.807, 2.05) is 18.3 Å². The zero-order chi connectivity index (χ0) is 8.65. The molecule has 82 valence electrons. The average molecular weight is 237 g/mol. The van der Waals surface area contributed by atoms with Gasteiger partial charge in [0.05, 0.1) is 0 Å². The third-order valence-electron chi connectivity index (χ3n) is 1.71. The topological polar surface area (TPSA) is 24.9 Å². The van der Waals surface area contributed by atoms with Crippen molar-refractivity contribution in [1.82, 2.24) is 10.3 Å². The Kier molecular flexibility index (Phi) is 12.4. The predicted molar refractivity (Wildman–Crippen MR) is 65.6 cm³/mol. The van der Waals surface area contributed by atoms with E-state index in [-0.39, 0.29) is 24.8 Å². The number of aromatic nitrogens is 1. The molecule has 14 heavy (non-hydrogen) atoms. The highest BCUT2D eigenvalue weighted by molar-refractivity contribution is 5.85. The Morgan fingerprint density at radius 3 is 2.57 bits per heavy atom. The van der Waals surface area contributed by atoms with Gasteiger partial charge in [0, 0.05) is 24.9 Å². The maximum absolute atomic E-state index is 4.24. The minimum Gasteiger partial charge on any atom is -0.316 e. The van der Waals surface area contributed by atoms with E-state index in [4.69, 9.17) is 0 Å². The standard InChI is InChI=1S/C10H16N2.2ClH/c1-2-7-11-9-6-10-5-3-4-8-12-10;;/h3-5,8,11H,2,6-7,9H2,1H3;2*1H. The number of pyridine rings is 1. The number of rotatable bonds is 5. The van der Waals surface area contributed by atoms with Crippen LogP contribution < -0.4 is 5.32 Å². The molecule has 0 aromatic carbocycles. The molecule has 0 radical (unpaired) electrons. The molecule has 0 aliphatic heterocycles. The van der Waals surface area contributed by atoms with Crippen molar-refractivity contribution in [3.63, 3.8) is 0 Å². The van der Waals surface area contributed by atoms with Gasteiger partial charge in [-0.2, -0.15) is 0 Å².